The van der Waals surface area contributed by atoms with E-state index in [4.69, 9.17) is 9.84 Å². The molecule has 0 aromatic heterocycles. The molecule has 4 fully saturated rings. The van der Waals surface area contributed by atoms with Gasteiger partial charge in [0.1, 0.15) is 6.61 Å². The van der Waals surface area contributed by atoms with Crippen molar-refractivity contribution in [2.24, 2.45) is 33.7 Å². The van der Waals surface area contributed by atoms with Crippen molar-refractivity contribution in [3.05, 3.63) is 34.9 Å². The number of cyclic esters (lactones) is 1. The van der Waals surface area contributed by atoms with E-state index < -0.39 is 0 Å². The number of nitrogens with zero attached hydrogens (tertiary/aromatic N) is 3. The molecule has 0 radical (unpaired) electrons. The number of likely N-dealkylation sites (N-methyl/N-ethyl adjacent to an activating group) is 1. The number of ether oxygens (including phenoxy) is 1. The van der Waals surface area contributed by atoms with Crippen molar-refractivity contribution in [3.63, 3.8) is 0 Å². The molecule has 5 atom stereocenters. The predicted octanol–water partition coefficient (Wildman–Crippen LogP) is 4.57. The van der Waals surface area contributed by atoms with E-state index in [0.717, 1.165) is 43.6 Å². The van der Waals surface area contributed by atoms with Crippen molar-refractivity contribution in [2.45, 2.75) is 58.8 Å². The average Bonchev–Trinajstić information content (AvgIpc) is 3.38. The van der Waals surface area contributed by atoms with Gasteiger partial charge in [-0.15, -0.1) is 0 Å². The number of fused-ring (bicyclic) bond motifs is 5. The van der Waals surface area contributed by atoms with Crippen LogP contribution in [0.5, 0.6) is 0 Å². The van der Waals surface area contributed by atoms with E-state index in [1.54, 1.807) is 11.6 Å². The van der Waals surface area contributed by atoms with E-state index >= 15 is 0 Å². The smallest absolute Gasteiger partial charge is 0.331 e. The lowest BCUT2D eigenvalue weighted by atomic mass is 9.46. The Hall–Kier alpha value is -1.88. The summed E-state index contributed by atoms with van der Waals surface area (Å²) in [7, 11) is 2.21. The highest BCUT2D eigenvalue weighted by atomic mass is 16.5. The Morgan fingerprint density at radius 2 is 1.88 bits per heavy atom. The minimum Gasteiger partial charge on any atom is -0.458 e. The Kier molecular flexibility index (Phi) is 5.13. The molecule has 0 aromatic carbocycles. The highest BCUT2D eigenvalue weighted by molar-refractivity contribution is 5.87. The topological polar surface area (TPSA) is 45.1 Å². The summed E-state index contributed by atoms with van der Waals surface area (Å²) in [6.07, 6.45) is 15.3. The lowest BCUT2D eigenvalue weighted by Crippen LogP contribution is -2.51. The number of esters is 1. The second-order valence-corrected chi connectivity index (χ2v) is 12.0. The first-order chi connectivity index (χ1) is 15.9. The van der Waals surface area contributed by atoms with Gasteiger partial charge in [-0.2, -0.15) is 5.10 Å². The molecule has 6 aliphatic rings. The van der Waals surface area contributed by atoms with Gasteiger partial charge >= 0.3 is 5.97 Å². The van der Waals surface area contributed by atoms with E-state index in [9.17, 15) is 4.79 Å². The number of allylic oxidation sites excluding steroid dienone is 3. The summed E-state index contributed by atoms with van der Waals surface area (Å²) in [4.78, 5) is 14.1. The summed E-state index contributed by atoms with van der Waals surface area (Å²) < 4.78 is 5.25. The minimum atomic E-state index is -0.180. The lowest BCUT2D eigenvalue weighted by Gasteiger charge is -2.59. The van der Waals surface area contributed by atoms with Crippen LogP contribution < -0.4 is 0 Å². The van der Waals surface area contributed by atoms with E-state index in [1.165, 1.54) is 56.2 Å². The molecule has 6 rings (SSSR count). The molecule has 2 aliphatic heterocycles. The fourth-order valence-electron chi connectivity index (χ4n) is 8.23. The summed E-state index contributed by atoms with van der Waals surface area (Å²) >= 11 is 0. The number of carbonyl (C=O) groups is 1. The maximum atomic E-state index is 11.7. The van der Waals surface area contributed by atoms with Crippen LogP contribution in [-0.2, 0) is 9.53 Å². The van der Waals surface area contributed by atoms with Crippen LogP contribution in [0.3, 0.4) is 0 Å². The van der Waals surface area contributed by atoms with Crippen molar-refractivity contribution >= 4 is 11.7 Å². The quantitative estimate of drug-likeness (QED) is 0.579. The molecule has 0 N–H and O–H groups in total. The van der Waals surface area contributed by atoms with E-state index in [2.05, 4.69) is 43.0 Å². The Bertz CT molecular complexity index is 970. The number of hydrazone groups is 1. The third kappa shape index (κ3) is 3.45. The highest BCUT2D eigenvalue weighted by Crippen LogP contribution is 2.65. The highest BCUT2D eigenvalue weighted by Gasteiger charge is 2.56. The first-order valence-electron chi connectivity index (χ1n) is 13.2. The Labute approximate surface area is 198 Å². The maximum absolute atomic E-state index is 11.7. The summed E-state index contributed by atoms with van der Waals surface area (Å²) in [5.74, 6) is 2.07. The van der Waals surface area contributed by atoms with Gasteiger partial charge in [0, 0.05) is 49.0 Å². The van der Waals surface area contributed by atoms with Gasteiger partial charge in [-0.1, -0.05) is 31.6 Å². The number of carbonyl (C=O) groups excluding carboxylic acids is 1. The van der Waals surface area contributed by atoms with Crippen LogP contribution in [0.25, 0.3) is 0 Å². The molecule has 0 unspecified atom stereocenters. The molecule has 2 heterocycles. The summed E-state index contributed by atoms with van der Waals surface area (Å²) in [6, 6.07) is 0. The molecule has 178 valence electrons. The summed E-state index contributed by atoms with van der Waals surface area (Å²) in [5.41, 5.74) is 6.08. The standard InChI is InChI=1S/C28H39N3O2/c1-27-10-8-21(29-31-14-12-30(3)13-15-31)17-20(27)4-5-22-24-7-6-23(19-16-26(32)33-18-19)28(24,2)11-9-25(22)27/h6-7,16,20,22,25H,4-5,8-15,17-18H2,1-3H3/b29-21-/t20-,22+,25+,27+,28-/m1/s1. The van der Waals surface area contributed by atoms with Gasteiger partial charge in [-0.25, -0.2) is 4.79 Å². The van der Waals surface area contributed by atoms with Crippen molar-refractivity contribution in [1.82, 2.24) is 9.91 Å². The molecule has 4 aliphatic carbocycles. The van der Waals surface area contributed by atoms with Gasteiger partial charge in [0.05, 0.1) is 0 Å². The van der Waals surface area contributed by atoms with Crippen molar-refractivity contribution in [1.29, 1.82) is 0 Å². The summed E-state index contributed by atoms with van der Waals surface area (Å²) in [5, 5.41) is 7.47. The van der Waals surface area contributed by atoms with Crippen LogP contribution in [0.1, 0.15) is 58.8 Å². The van der Waals surface area contributed by atoms with Crippen LogP contribution in [-0.4, -0.2) is 61.4 Å². The fourth-order valence-corrected chi connectivity index (χ4v) is 8.23. The van der Waals surface area contributed by atoms with Gasteiger partial charge in [0.25, 0.3) is 0 Å². The maximum Gasteiger partial charge on any atom is 0.331 e. The Balaban J connectivity index is 1.18. The number of piperazine rings is 1. The molecular formula is C28H39N3O2. The monoisotopic (exact) mass is 449 g/mol. The van der Waals surface area contributed by atoms with Gasteiger partial charge in [-0.3, -0.25) is 5.01 Å². The van der Waals surface area contributed by atoms with Crippen LogP contribution >= 0.6 is 0 Å². The molecule has 0 aromatic rings. The van der Waals surface area contributed by atoms with Crippen molar-refractivity contribution < 1.29 is 9.53 Å². The van der Waals surface area contributed by atoms with Crippen molar-refractivity contribution in [2.75, 3.05) is 39.8 Å². The molecule has 5 heteroatoms. The van der Waals surface area contributed by atoms with Gasteiger partial charge < -0.3 is 9.64 Å². The van der Waals surface area contributed by atoms with Gasteiger partial charge in [-0.05, 0) is 80.7 Å². The third-order valence-corrected chi connectivity index (χ3v) is 10.3. The molecular weight excluding hydrogens is 410 g/mol. The second kappa shape index (κ2) is 7.83. The molecule has 0 spiro atoms. The third-order valence-electron chi connectivity index (χ3n) is 10.3. The van der Waals surface area contributed by atoms with Crippen LogP contribution in [0.15, 0.2) is 40.0 Å². The van der Waals surface area contributed by atoms with Crippen LogP contribution in [0, 0.1) is 28.6 Å². The number of hydrogen-bond acceptors (Lipinski definition) is 5. The molecule has 0 bridgehead atoms. The Morgan fingerprint density at radius 3 is 2.64 bits per heavy atom. The molecule has 1 saturated heterocycles. The SMILES string of the molecule is CN1CCN(/N=C2/CC[C@@]3(C)[C@H](CC[C@H]4C5=CC=C(C6=CC(=O)OC6)[C@@]5(C)CC[C@@H]43)C2)CC1. The first-order valence-corrected chi connectivity index (χ1v) is 13.2. The summed E-state index contributed by atoms with van der Waals surface area (Å²) in [6.45, 7) is 9.88. The van der Waals surface area contributed by atoms with Crippen LogP contribution in [0.2, 0.25) is 0 Å². The zero-order chi connectivity index (χ0) is 22.8. The number of hydrogen-bond donors (Lipinski definition) is 0. The average molecular weight is 450 g/mol. The zero-order valence-electron chi connectivity index (χ0n) is 20.6. The minimum absolute atomic E-state index is 0.0902. The first kappa shape index (κ1) is 21.6. The van der Waals surface area contributed by atoms with Crippen LogP contribution in [0.4, 0.5) is 0 Å². The molecule has 33 heavy (non-hydrogen) atoms. The zero-order valence-corrected chi connectivity index (χ0v) is 20.6. The largest absolute Gasteiger partial charge is 0.458 e. The molecule has 5 nitrogen and oxygen atoms in total. The number of rotatable bonds is 2. The van der Waals surface area contributed by atoms with E-state index in [-0.39, 0.29) is 11.4 Å². The second-order valence-electron chi connectivity index (χ2n) is 12.0. The molecule has 0 amide bonds. The van der Waals surface area contributed by atoms with Gasteiger partial charge in [0.15, 0.2) is 0 Å². The van der Waals surface area contributed by atoms with Gasteiger partial charge in [0.2, 0.25) is 0 Å². The van der Waals surface area contributed by atoms with E-state index in [0.29, 0.717) is 17.9 Å². The van der Waals surface area contributed by atoms with Crippen molar-refractivity contribution in [3.8, 4) is 0 Å². The lowest BCUT2D eigenvalue weighted by molar-refractivity contribution is -0.134. The molecule has 3 saturated carbocycles. The Morgan fingerprint density at radius 1 is 1.06 bits per heavy atom. The predicted molar refractivity (Wildman–Crippen MR) is 131 cm³/mol. The fraction of sp³-hybridized carbons (Fsp3) is 0.714. The normalized spacial score (nSPS) is 42.2. The van der Waals surface area contributed by atoms with E-state index in [1.807, 2.05) is 0 Å².